The summed E-state index contributed by atoms with van der Waals surface area (Å²) < 4.78 is 0. The van der Waals surface area contributed by atoms with Crippen LogP contribution in [-0.4, -0.2) is 11.8 Å². The topological polar surface area (TPSA) is 58.2 Å². The average molecular weight is 248 g/mol. The normalized spacial score (nSPS) is 11.8. The van der Waals surface area contributed by atoms with Gasteiger partial charge >= 0.3 is 0 Å². The third-order valence-electron chi connectivity index (χ3n) is 2.86. The zero-order valence-corrected chi connectivity index (χ0v) is 11.3. The Labute approximate surface area is 108 Å². The van der Waals surface area contributed by atoms with Crippen molar-refractivity contribution in [2.45, 2.75) is 34.1 Å². The summed E-state index contributed by atoms with van der Waals surface area (Å²) in [5.74, 6) is -0.0843. The maximum Gasteiger partial charge on any atom is 0.227 e. The molecule has 4 heteroatoms. The van der Waals surface area contributed by atoms with E-state index in [1.807, 2.05) is 26.8 Å². The lowest BCUT2D eigenvalue weighted by atomic mass is 10.1. The first-order valence-electron chi connectivity index (χ1n) is 6.13. The van der Waals surface area contributed by atoms with E-state index >= 15 is 0 Å². The molecule has 2 N–H and O–H groups in total. The van der Waals surface area contributed by atoms with E-state index in [2.05, 4.69) is 10.6 Å². The zero-order chi connectivity index (χ0) is 13.7. The Bertz CT molecular complexity index is 455. The smallest absolute Gasteiger partial charge is 0.227 e. The van der Waals surface area contributed by atoms with Gasteiger partial charge in [-0.2, -0.15) is 0 Å². The Morgan fingerprint density at radius 2 is 1.94 bits per heavy atom. The van der Waals surface area contributed by atoms with Gasteiger partial charge < -0.3 is 10.6 Å². The number of amides is 2. The van der Waals surface area contributed by atoms with Crippen LogP contribution in [0.3, 0.4) is 0 Å². The molecule has 0 fully saturated rings. The Hall–Kier alpha value is -1.84. The van der Waals surface area contributed by atoms with Crippen LogP contribution in [0.2, 0.25) is 0 Å². The van der Waals surface area contributed by atoms with E-state index < -0.39 is 0 Å². The second-order valence-electron chi connectivity index (χ2n) is 4.51. The highest BCUT2D eigenvalue weighted by atomic mass is 16.2. The van der Waals surface area contributed by atoms with Crippen molar-refractivity contribution in [3.05, 3.63) is 23.8 Å². The monoisotopic (exact) mass is 248 g/mol. The number of rotatable bonds is 4. The molecule has 0 heterocycles. The van der Waals surface area contributed by atoms with Crippen molar-refractivity contribution in [3.63, 3.8) is 0 Å². The molecule has 0 bridgehead atoms. The van der Waals surface area contributed by atoms with Crippen molar-refractivity contribution in [2.24, 2.45) is 5.92 Å². The van der Waals surface area contributed by atoms with Gasteiger partial charge in [-0.25, -0.2) is 0 Å². The number of carbonyl (C=O) groups is 2. The Balaban J connectivity index is 2.78. The molecule has 1 atom stereocenters. The van der Waals surface area contributed by atoms with Crippen LogP contribution in [0.15, 0.2) is 18.2 Å². The predicted molar refractivity (Wildman–Crippen MR) is 73.6 cm³/mol. The van der Waals surface area contributed by atoms with E-state index in [1.54, 1.807) is 12.1 Å². The third-order valence-corrected chi connectivity index (χ3v) is 2.86. The Morgan fingerprint density at radius 3 is 2.44 bits per heavy atom. The summed E-state index contributed by atoms with van der Waals surface area (Å²) in [6.07, 6.45) is 0.814. The highest BCUT2D eigenvalue weighted by molar-refractivity contribution is 5.93. The molecule has 2 amide bonds. The van der Waals surface area contributed by atoms with Gasteiger partial charge in [-0.3, -0.25) is 9.59 Å². The maximum absolute atomic E-state index is 11.7. The lowest BCUT2D eigenvalue weighted by Gasteiger charge is -2.12. The molecule has 98 valence electrons. The minimum atomic E-state index is -0.102. The van der Waals surface area contributed by atoms with Gasteiger partial charge in [0.1, 0.15) is 0 Å². The minimum Gasteiger partial charge on any atom is -0.326 e. The van der Waals surface area contributed by atoms with Crippen molar-refractivity contribution in [3.8, 4) is 0 Å². The molecule has 1 unspecified atom stereocenters. The van der Waals surface area contributed by atoms with Crippen LogP contribution in [-0.2, 0) is 9.59 Å². The molecule has 0 aliphatic rings. The fourth-order valence-electron chi connectivity index (χ4n) is 1.52. The molecule has 0 aromatic heterocycles. The van der Waals surface area contributed by atoms with Crippen LogP contribution < -0.4 is 10.6 Å². The molecule has 0 aliphatic carbocycles. The molecule has 1 rings (SSSR count). The maximum atomic E-state index is 11.7. The summed E-state index contributed by atoms with van der Waals surface area (Å²) >= 11 is 0. The highest BCUT2D eigenvalue weighted by Gasteiger charge is 2.11. The van der Waals surface area contributed by atoms with E-state index in [1.165, 1.54) is 6.92 Å². The number of hydrogen-bond acceptors (Lipinski definition) is 2. The Morgan fingerprint density at radius 1 is 1.28 bits per heavy atom. The summed E-state index contributed by atoms with van der Waals surface area (Å²) in [5, 5.41) is 5.60. The molecule has 0 spiro atoms. The van der Waals surface area contributed by atoms with Crippen LogP contribution in [0.25, 0.3) is 0 Å². The molecule has 0 aliphatic heterocycles. The van der Waals surface area contributed by atoms with Crippen molar-refractivity contribution in [1.82, 2.24) is 0 Å². The molecule has 18 heavy (non-hydrogen) atoms. The summed E-state index contributed by atoms with van der Waals surface area (Å²) in [6.45, 7) is 7.24. The van der Waals surface area contributed by atoms with Crippen molar-refractivity contribution in [1.29, 1.82) is 0 Å². The van der Waals surface area contributed by atoms with Crippen LogP contribution in [0.1, 0.15) is 32.8 Å². The second-order valence-corrected chi connectivity index (χ2v) is 4.51. The van der Waals surface area contributed by atoms with E-state index in [9.17, 15) is 9.59 Å². The first-order chi connectivity index (χ1) is 8.43. The van der Waals surface area contributed by atoms with Crippen LogP contribution in [0, 0.1) is 12.8 Å². The summed E-state index contributed by atoms with van der Waals surface area (Å²) in [7, 11) is 0. The molecular formula is C14H20N2O2. The predicted octanol–water partition coefficient (Wildman–Crippen LogP) is 2.94. The van der Waals surface area contributed by atoms with Crippen molar-refractivity contribution < 1.29 is 9.59 Å². The van der Waals surface area contributed by atoms with E-state index in [4.69, 9.17) is 0 Å². The number of hydrogen-bond donors (Lipinski definition) is 2. The number of carbonyl (C=O) groups excluding carboxylic acids is 2. The number of aryl methyl sites for hydroxylation is 1. The van der Waals surface area contributed by atoms with Gasteiger partial charge in [0.15, 0.2) is 0 Å². The second kappa shape index (κ2) is 6.19. The van der Waals surface area contributed by atoms with Crippen LogP contribution in [0.4, 0.5) is 11.4 Å². The van der Waals surface area contributed by atoms with E-state index in [0.717, 1.165) is 23.4 Å². The van der Waals surface area contributed by atoms with Gasteiger partial charge in [0.05, 0.1) is 0 Å². The SMILES string of the molecule is CCC(C)C(=O)Nc1ccc(NC(C)=O)c(C)c1. The van der Waals surface area contributed by atoms with Gasteiger partial charge in [-0.1, -0.05) is 13.8 Å². The zero-order valence-electron chi connectivity index (χ0n) is 11.3. The lowest BCUT2D eigenvalue weighted by molar-refractivity contribution is -0.119. The Kier molecular flexibility index (Phi) is 4.89. The van der Waals surface area contributed by atoms with Gasteiger partial charge in [0.2, 0.25) is 11.8 Å². The van der Waals surface area contributed by atoms with Crippen LogP contribution in [0.5, 0.6) is 0 Å². The number of anilines is 2. The fraction of sp³-hybridized carbons (Fsp3) is 0.429. The molecular weight excluding hydrogens is 228 g/mol. The van der Waals surface area contributed by atoms with Crippen molar-refractivity contribution >= 4 is 23.2 Å². The van der Waals surface area contributed by atoms with E-state index in [-0.39, 0.29) is 17.7 Å². The van der Waals surface area contributed by atoms with Gasteiger partial charge in [-0.15, -0.1) is 0 Å². The lowest BCUT2D eigenvalue weighted by Crippen LogP contribution is -2.19. The van der Waals surface area contributed by atoms with E-state index in [0.29, 0.717) is 0 Å². The van der Waals surface area contributed by atoms with Gasteiger partial charge in [0, 0.05) is 24.2 Å². The first-order valence-corrected chi connectivity index (χ1v) is 6.13. The number of benzene rings is 1. The van der Waals surface area contributed by atoms with Gasteiger partial charge in [0.25, 0.3) is 0 Å². The third kappa shape index (κ3) is 3.87. The van der Waals surface area contributed by atoms with Crippen molar-refractivity contribution in [2.75, 3.05) is 10.6 Å². The molecule has 0 radical (unpaired) electrons. The minimum absolute atomic E-state index is 0.000303. The fourth-order valence-corrected chi connectivity index (χ4v) is 1.52. The first kappa shape index (κ1) is 14.2. The summed E-state index contributed by atoms with van der Waals surface area (Å²) in [4.78, 5) is 22.7. The van der Waals surface area contributed by atoms with Gasteiger partial charge in [-0.05, 0) is 37.1 Å². The molecule has 1 aromatic carbocycles. The quantitative estimate of drug-likeness (QED) is 0.860. The standard InChI is InChI=1S/C14H20N2O2/c1-5-9(2)14(18)16-12-6-7-13(10(3)8-12)15-11(4)17/h6-9H,5H2,1-4H3,(H,15,17)(H,16,18). The summed E-state index contributed by atoms with van der Waals surface area (Å²) in [6, 6.07) is 5.44. The molecule has 0 saturated heterocycles. The summed E-state index contributed by atoms with van der Waals surface area (Å²) in [5.41, 5.74) is 2.45. The average Bonchev–Trinajstić information content (AvgIpc) is 2.31. The number of nitrogens with one attached hydrogen (secondary N) is 2. The molecule has 1 aromatic rings. The molecule has 0 saturated carbocycles. The highest BCUT2D eigenvalue weighted by Crippen LogP contribution is 2.20. The van der Waals surface area contributed by atoms with Crippen LogP contribution >= 0.6 is 0 Å². The largest absolute Gasteiger partial charge is 0.326 e. The molecule has 4 nitrogen and oxygen atoms in total.